The van der Waals surface area contributed by atoms with Crippen LogP contribution in [0, 0.1) is 0 Å². The maximum Gasteiger partial charge on any atom is 0.271 e. The topological polar surface area (TPSA) is 59.9 Å². The Morgan fingerprint density at radius 3 is 2.74 bits per heavy atom. The molecule has 0 spiro atoms. The predicted molar refractivity (Wildman–Crippen MR) is 95.8 cm³/mol. The Balaban J connectivity index is 2.05. The molecule has 0 radical (unpaired) electrons. The van der Waals surface area contributed by atoms with Gasteiger partial charge in [0.1, 0.15) is 0 Å². The molecule has 2 rings (SSSR count). The highest BCUT2D eigenvalue weighted by molar-refractivity contribution is 9.10. The van der Waals surface area contributed by atoms with Gasteiger partial charge in [-0.25, -0.2) is 5.43 Å². The Labute approximate surface area is 147 Å². The Morgan fingerprint density at radius 1 is 1.35 bits per heavy atom. The molecule has 5 nitrogen and oxygen atoms in total. The predicted octanol–water partition coefficient (Wildman–Crippen LogP) is 4.07. The highest BCUT2D eigenvalue weighted by atomic mass is 79.9. The number of methoxy groups -OCH3 is 1. The highest BCUT2D eigenvalue weighted by Crippen LogP contribution is 2.28. The number of thiophene rings is 1. The van der Waals surface area contributed by atoms with Crippen LogP contribution in [0.1, 0.15) is 29.1 Å². The lowest BCUT2D eigenvalue weighted by atomic mass is 10.2. The molecular formula is C16H17BrN2O3S. The second-order valence-electron chi connectivity index (χ2n) is 4.90. The van der Waals surface area contributed by atoms with Crippen LogP contribution in [-0.2, 0) is 0 Å². The van der Waals surface area contributed by atoms with E-state index in [0.717, 1.165) is 9.35 Å². The van der Waals surface area contributed by atoms with Crippen LogP contribution >= 0.6 is 27.3 Å². The molecule has 122 valence electrons. The number of hydrogen-bond donors (Lipinski definition) is 1. The maximum atomic E-state index is 12.1. The first-order valence-corrected chi connectivity index (χ1v) is 8.59. The van der Waals surface area contributed by atoms with E-state index in [2.05, 4.69) is 26.5 Å². The van der Waals surface area contributed by atoms with Crippen molar-refractivity contribution in [3.8, 4) is 11.5 Å². The monoisotopic (exact) mass is 396 g/mol. The number of nitrogens with zero attached hydrogens (tertiary/aromatic N) is 1. The van der Waals surface area contributed by atoms with Gasteiger partial charge in [0.05, 0.1) is 19.4 Å². The second-order valence-corrected chi connectivity index (χ2v) is 6.76. The minimum atomic E-state index is -0.314. The summed E-state index contributed by atoms with van der Waals surface area (Å²) in [6.07, 6.45) is 1.62. The van der Waals surface area contributed by atoms with E-state index >= 15 is 0 Å². The molecule has 0 unspecified atom stereocenters. The quantitative estimate of drug-likeness (QED) is 0.591. The van der Waals surface area contributed by atoms with Gasteiger partial charge in [0.25, 0.3) is 5.91 Å². The van der Waals surface area contributed by atoms with Crippen molar-refractivity contribution in [3.05, 3.63) is 44.6 Å². The molecule has 23 heavy (non-hydrogen) atoms. The van der Waals surface area contributed by atoms with Gasteiger partial charge in [-0.3, -0.25) is 4.79 Å². The van der Waals surface area contributed by atoms with Gasteiger partial charge in [-0.15, -0.1) is 11.3 Å². The molecule has 1 N–H and O–H groups in total. The van der Waals surface area contributed by atoms with Crippen molar-refractivity contribution in [2.24, 2.45) is 5.10 Å². The van der Waals surface area contributed by atoms with E-state index in [0.29, 0.717) is 17.1 Å². The Morgan fingerprint density at radius 2 is 2.13 bits per heavy atom. The van der Waals surface area contributed by atoms with Gasteiger partial charge in [-0.05, 0) is 54.0 Å². The van der Waals surface area contributed by atoms with Crippen LogP contribution in [0.5, 0.6) is 11.5 Å². The number of hydrazone groups is 1. The lowest BCUT2D eigenvalue weighted by Gasteiger charge is -2.14. The number of hydrogen-bond acceptors (Lipinski definition) is 5. The number of rotatable bonds is 6. The van der Waals surface area contributed by atoms with E-state index in [1.54, 1.807) is 24.4 Å². The summed E-state index contributed by atoms with van der Waals surface area (Å²) < 4.78 is 11.9. The molecule has 1 aromatic heterocycles. The number of benzene rings is 1. The lowest BCUT2D eigenvalue weighted by Crippen LogP contribution is -2.17. The second kappa shape index (κ2) is 8.12. The van der Waals surface area contributed by atoms with E-state index in [1.165, 1.54) is 18.4 Å². The molecule has 1 aromatic carbocycles. The molecule has 7 heteroatoms. The Bertz CT molecular complexity index is 713. The minimum absolute atomic E-state index is 0.0262. The summed E-state index contributed by atoms with van der Waals surface area (Å²) in [5.41, 5.74) is 2.94. The van der Waals surface area contributed by atoms with Crippen molar-refractivity contribution in [3.63, 3.8) is 0 Å². The molecule has 1 amide bonds. The average molecular weight is 397 g/mol. The third-order valence-electron chi connectivity index (χ3n) is 2.73. The summed E-state index contributed by atoms with van der Waals surface area (Å²) in [4.78, 5) is 13.1. The average Bonchev–Trinajstić information content (AvgIpc) is 2.92. The normalized spacial score (nSPS) is 11.0. The summed E-state index contributed by atoms with van der Waals surface area (Å²) in [5.74, 6) is 0.801. The largest absolute Gasteiger partial charge is 0.493 e. The van der Waals surface area contributed by atoms with E-state index in [9.17, 15) is 4.79 Å². The van der Waals surface area contributed by atoms with Gasteiger partial charge >= 0.3 is 0 Å². The molecule has 1 heterocycles. The number of carbonyl (C=O) groups excluding carboxylic acids is 1. The molecule has 0 aliphatic carbocycles. The molecule has 0 bridgehead atoms. The van der Waals surface area contributed by atoms with Gasteiger partial charge in [0.2, 0.25) is 0 Å². The summed E-state index contributed by atoms with van der Waals surface area (Å²) >= 11 is 4.89. The van der Waals surface area contributed by atoms with Crippen molar-refractivity contribution in [2.75, 3.05) is 7.11 Å². The highest BCUT2D eigenvalue weighted by Gasteiger charge is 2.11. The van der Waals surface area contributed by atoms with Crippen molar-refractivity contribution >= 4 is 39.4 Å². The third kappa shape index (κ3) is 5.07. The van der Waals surface area contributed by atoms with E-state index in [1.807, 2.05) is 25.3 Å². The fourth-order valence-corrected chi connectivity index (χ4v) is 3.08. The standard InChI is InChI=1S/C16H17BrN2O3S/c1-10(2)22-14-5-4-11(6-15(14)21-3)16(20)19-18-8-13-7-12(17)9-23-13/h4-10H,1-3H3,(H,19,20)/b18-8+. The Hall–Kier alpha value is -1.86. The lowest BCUT2D eigenvalue weighted by molar-refractivity contribution is 0.0954. The van der Waals surface area contributed by atoms with Crippen LogP contribution in [0.3, 0.4) is 0 Å². The smallest absolute Gasteiger partial charge is 0.271 e. The zero-order valence-corrected chi connectivity index (χ0v) is 15.4. The molecule has 0 aliphatic rings. The van der Waals surface area contributed by atoms with Crippen molar-refractivity contribution in [1.82, 2.24) is 5.43 Å². The van der Waals surface area contributed by atoms with Crippen LogP contribution in [0.15, 0.2) is 39.2 Å². The molecule has 0 fully saturated rings. The first-order chi connectivity index (χ1) is 11.0. The zero-order chi connectivity index (χ0) is 16.8. The molecular weight excluding hydrogens is 380 g/mol. The Kier molecular flexibility index (Phi) is 6.18. The summed E-state index contributed by atoms with van der Waals surface area (Å²) in [6, 6.07) is 6.94. The van der Waals surface area contributed by atoms with E-state index in [-0.39, 0.29) is 12.0 Å². The number of amides is 1. The first-order valence-electron chi connectivity index (χ1n) is 6.91. The molecule has 2 aromatic rings. The van der Waals surface area contributed by atoms with Crippen molar-refractivity contribution < 1.29 is 14.3 Å². The van der Waals surface area contributed by atoms with E-state index < -0.39 is 0 Å². The van der Waals surface area contributed by atoms with Crippen LogP contribution < -0.4 is 14.9 Å². The minimum Gasteiger partial charge on any atom is -0.493 e. The SMILES string of the molecule is COc1cc(C(=O)N/N=C/c2cc(Br)cs2)ccc1OC(C)C. The van der Waals surface area contributed by atoms with Crippen LogP contribution in [0.2, 0.25) is 0 Å². The summed E-state index contributed by atoms with van der Waals surface area (Å²) in [5, 5.41) is 5.90. The summed E-state index contributed by atoms with van der Waals surface area (Å²) in [7, 11) is 1.54. The fraction of sp³-hybridized carbons (Fsp3) is 0.250. The molecule has 0 aliphatic heterocycles. The van der Waals surface area contributed by atoms with Crippen molar-refractivity contribution in [2.45, 2.75) is 20.0 Å². The first kappa shape index (κ1) is 17.5. The number of ether oxygens (including phenoxy) is 2. The fourth-order valence-electron chi connectivity index (χ4n) is 1.78. The number of nitrogens with one attached hydrogen (secondary N) is 1. The zero-order valence-electron chi connectivity index (χ0n) is 13.0. The van der Waals surface area contributed by atoms with Crippen LogP contribution in [0.4, 0.5) is 0 Å². The van der Waals surface area contributed by atoms with Crippen molar-refractivity contribution in [1.29, 1.82) is 0 Å². The maximum absolute atomic E-state index is 12.1. The van der Waals surface area contributed by atoms with Gasteiger partial charge < -0.3 is 9.47 Å². The van der Waals surface area contributed by atoms with E-state index in [4.69, 9.17) is 9.47 Å². The molecule has 0 saturated carbocycles. The molecule has 0 atom stereocenters. The van der Waals surface area contributed by atoms with Crippen LogP contribution in [-0.4, -0.2) is 25.3 Å². The number of carbonyl (C=O) groups is 1. The molecule has 0 saturated heterocycles. The third-order valence-corrected chi connectivity index (χ3v) is 4.36. The van der Waals surface area contributed by atoms with Gasteiger partial charge in [0.15, 0.2) is 11.5 Å². The summed E-state index contributed by atoms with van der Waals surface area (Å²) in [6.45, 7) is 3.86. The van der Waals surface area contributed by atoms with Gasteiger partial charge in [-0.1, -0.05) is 0 Å². The number of halogens is 1. The van der Waals surface area contributed by atoms with Crippen LogP contribution in [0.25, 0.3) is 0 Å². The van der Waals surface area contributed by atoms with Gasteiger partial charge in [-0.2, -0.15) is 5.10 Å². The van der Waals surface area contributed by atoms with Gasteiger partial charge in [0, 0.05) is 20.3 Å².